The molecule has 9 aromatic rings. The van der Waals surface area contributed by atoms with E-state index in [9.17, 15) is 0 Å². The summed E-state index contributed by atoms with van der Waals surface area (Å²) in [5.41, 5.74) is 16.7. The molecule has 54 heavy (non-hydrogen) atoms. The maximum absolute atomic E-state index is 4.95. The molecular formula is C50H34N4. The van der Waals surface area contributed by atoms with E-state index in [1.165, 1.54) is 0 Å². The second kappa shape index (κ2) is 14.7. The van der Waals surface area contributed by atoms with Crippen LogP contribution in [0.15, 0.2) is 207 Å². The Kier molecular flexibility index (Phi) is 8.90. The summed E-state index contributed by atoms with van der Waals surface area (Å²) in [6, 6.07) is 63.2. The summed E-state index contributed by atoms with van der Waals surface area (Å²) in [6.07, 6.45) is 7.65. The molecule has 254 valence electrons. The van der Waals surface area contributed by atoms with Crippen LogP contribution in [0.2, 0.25) is 0 Å². The van der Waals surface area contributed by atoms with Crippen molar-refractivity contribution >= 4 is 0 Å². The van der Waals surface area contributed by atoms with E-state index >= 15 is 0 Å². The van der Waals surface area contributed by atoms with E-state index in [0.717, 1.165) is 89.5 Å². The molecule has 0 N–H and O–H groups in total. The molecule has 0 fully saturated rings. The number of rotatable bonds is 8. The molecule has 0 aliphatic rings. The smallest absolute Gasteiger partial charge is 0.0702 e. The molecule has 0 spiro atoms. The van der Waals surface area contributed by atoms with E-state index in [4.69, 9.17) is 9.97 Å². The van der Waals surface area contributed by atoms with Crippen molar-refractivity contribution in [3.05, 3.63) is 207 Å². The Morgan fingerprint density at radius 2 is 0.537 bits per heavy atom. The maximum Gasteiger partial charge on any atom is 0.0702 e. The highest BCUT2D eigenvalue weighted by Gasteiger charge is 2.18. The molecule has 0 bridgehead atoms. The molecule has 0 unspecified atom stereocenters. The van der Waals surface area contributed by atoms with Gasteiger partial charge in [-0.3, -0.25) is 19.9 Å². The van der Waals surface area contributed by atoms with Crippen LogP contribution in [0.25, 0.3) is 89.5 Å². The molecule has 5 aromatic carbocycles. The summed E-state index contributed by atoms with van der Waals surface area (Å²) in [5.74, 6) is 0. The Balaban J connectivity index is 1.23. The lowest BCUT2D eigenvalue weighted by molar-refractivity contribution is 1.32. The summed E-state index contributed by atoms with van der Waals surface area (Å²) >= 11 is 0. The van der Waals surface area contributed by atoms with Crippen molar-refractivity contribution < 1.29 is 0 Å². The SMILES string of the molecule is c1ccc(-c2ccc(-c3cc(-c4ccc(-c5ccccc5)nc4)c(-c4ccc(-c5ccccn5)cc4)cc3-c3ccc(-c4ccccn4)cc3)cn2)cc1. The average Bonchev–Trinajstić information content (AvgIpc) is 3.27. The fraction of sp³-hybridized carbons (Fsp3) is 0. The summed E-state index contributed by atoms with van der Waals surface area (Å²) < 4.78 is 0. The van der Waals surface area contributed by atoms with Crippen LogP contribution >= 0.6 is 0 Å². The summed E-state index contributed by atoms with van der Waals surface area (Å²) in [4.78, 5) is 19.1. The fourth-order valence-corrected chi connectivity index (χ4v) is 6.93. The van der Waals surface area contributed by atoms with Gasteiger partial charge in [0.2, 0.25) is 0 Å². The molecule has 0 amide bonds. The summed E-state index contributed by atoms with van der Waals surface area (Å²) in [5, 5.41) is 0. The minimum Gasteiger partial charge on any atom is -0.256 e. The van der Waals surface area contributed by atoms with Gasteiger partial charge in [0.05, 0.1) is 22.8 Å². The number of benzene rings is 5. The van der Waals surface area contributed by atoms with E-state index in [1.807, 2.05) is 97.6 Å². The maximum atomic E-state index is 4.95. The second-order valence-electron chi connectivity index (χ2n) is 13.1. The highest BCUT2D eigenvalue weighted by Crippen LogP contribution is 2.43. The van der Waals surface area contributed by atoms with Gasteiger partial charge in [-0.05, 0) is 81.9 Å². The van der Waals surface area contributed by atoms with Crippen molar-refractivity contribution in [2.24, 2.45) is 0 Å². The lowest BCUT2D eigenvalue weighted by Crippen LogP contribution is -1.94. The van der Waals surface area contributed by atoms with Crippen molar-refractivity contribution in [2.45, 2.75) is 0 Å². The lowest BCUT2D eigenvalue weighted by atomic mass is 9.85. The van der Waals surface area contributed by atoms with Gasteiger partial charge in [-0.15, -0.1) is 0 Å². The van der Waals surface area contributed by atoms with Gasteiger partial charge in [0.25, 0.3) is 0 Å². The first-order valence-corrected chi connectivity index (χ1v) is 18.0. The van der Waals surface area contributed by atoms with Crippen molar-refractivity contribution in [1.82, 2.24) is 19.9 Å². The number of pyridine rings is 4. The molecule has 0 radical (unpaired) electrons. The minimum absolute atomic E-state index is 0.936. The van der Waals surface area contributed by atoms with Gasteiger partial charge in [0.15, 0.2) is 0 Å². The van der Waals surface area contributed by atoms with E-state index in [-0.39, 0.29) is 0 Å². The van der Waals surface area contributed by atoms with E-state index < -0.39 is 0 Å². The quantitative estimate of drug-likeness (QED) is 0.159. The van der Waals surface area contributed by atoms with Gasteiger partial charge >= 0.3 is 0 Å². The third kappa shape index (κ3) is 6.72. The molecule has 4 nitrogen and oxygen atoms in total. The summed E-state index contributed by atoms with van der Waals surface area (Å²) in [7, 11) is 0. The third-order valence-electron chi connectivity index (χ3n) is 9.76. The van der Waals surface area contributed by atoms with Crippen LogP contribution in [-0.4, -0.2) is 19.9 Å². The zero-order chi connectivity index (χ0) is 36.1. The minimum atomic E-state index is 0.936. The highest BCUT2D eigenvalue weighted by atomic mass is 14.7. The largest absolute Gasteiger partial charge is 0.256 e. The van der Waals surface area contributed by atoms with Crippen LogP contribution in [0.5, 0.6) is 0 Å². The van der Waals surface area contributed by atoms with Crippen molar-refractivity contribution in [2.75, 3.05) is 0 Å². The van der Waals surface area contributed by atoms with Crippen LogP contribution < -0.4 is 0 Å². The molecule has 0 aliphatic heterocycles. The predicted octanol–water partition coefficient (Wildman–Crippen LogP) is 12.6. The standard InChI is InChI=1S/C50H34N4/c1-3-11-37(12-4-1)49-27-25-41(33-53-49)45-32-46(42-26-28-50(54-34-42)38-13-5-2-6-14-38)44(36-19-23-40(24-20-36)48-16-8-10-30-52-48)31-43(45)35-17-21-39(22-18-35)47-15-7-9-29-51-47/h1-34H. The monoisotopic (exact) mass is 690 g/mol. The van der Waals surface area contributed by atoms with Gasteiger partial charge in [0, 0.05) is 58.2 Å². The molecule has 4 heteroatoms. The van der Waals surface area contributed by atoms with E-state index in [0.29, 0.717) is 0 Å². The Labute approximate surface area is 315 Å². The van der Waals surface area contributed by atoms with Crippen molar-refractivity contribution in [3.63, 3.8) is 0 Å². The van der Waals surface area contributed by atoms with Crippen LogP contribution in [0.4, 0.5) is 0 Å². The first kappa shape index (κ1) is 32.6. The van der Waals surface area contributed by atoms with Crippen LogP contribution in [0.3, 0.4) is 0 Å². The van der Waals surface area contributed by atoms with E-state index in [2.05, 4.69) is 119 Å². The van der Waals surface area contributed by atoms with Crippen LogP contribution in [-0.2, 0) is 0 Å². The Morgan fingerprint density at radius 3 is 0.889 bits per heavy atom. The zero-order valence-electron chi connectivity index (χ0n) is 29.4. The van der Waals surface area contributed by atoms with Gasteiger partial charge in [-0.25, -0.2) is 0 Å². The van der Waals surface area contributed by atoms with Crippen LogP contribution in [0.1, 0.15) is 0 Å². The van der Waals surface area contributed by atoms with Gasteiger partial charge in [0.1, 0.15) is 0 Å². The highest BCUT2D eigenvalue weighted by molar-refractivity contribution is 5.95. The Morgan fingerprint density at radius 1 is 0.222 bits per heavy atom. The van der Waals surface area contributed by atoms with E-state index in [1.54, 1.807) is 0 Å². The molecule has 4 aromatic heterocycles. The fourth-order valence-electron chi connectivity index (χ4n) is 6.93. The molecule has 0 saturated heterocycles. The van der Waals surface area contributed by atoms with Crippen LogP contribution in [0, 0.1) is 0 Å². The number of aromatic nitrogens is 4. The van der Waals surface area contributed by atoms with Gasteiger partial charge in [-0.1, -0.05) is 133 Å². The van der Waals surface area contributed by atoms with Crippen molar-refractivity contribution in [3.8, 4) is 89.5 Å². The second-order valence-corrected chi connectivity index (χ2v) is 13.1. The molecule has 9 rings (SSSR count). The summed E-state index contributed by atoms with van der Waals surface area (Å²) in [6.45, 7) is 0. The Hall–Kier alpha value is -7.30. The number of hydrogen-bond acceptors (Lipinski definition) is 4. The topological polar surface area (TPSA) is 51.6 Å². The van der Waals surface area contributed by atoms with Crippen molar-refractivity contribution in [1.29, 1.82) is 0 Å². The van der Waals surface area contributed by atoms with Gasteiger partial charge in [-0.2, -0.15) is 0 Å². The molecular weight excluding hydrogens is 657 g/mol. The third-order valence-corrected chi connectivity index (χ3v) is 9.76. The molecule has 0 aliphatic carbocycles. The normalized spacial score (nSPS) is 11.0. The van der Waals surface area contributed by atoms with Gasteiger partial charge < -0.3 is 0 Å². The lowest BCUT2D eigenvalue weighted by Gasteiger charge is -2.19. The molecule has 0 atom stereocenters. The average molecular weight is 691 g/mol. The number of hydrogen-bond donors (Lipinski definition) is 0. The predicted molar refractivity (Wildman–Crippen MR) is 221 cm³/mol. The first-order chi connectivity index (χ1) is 26.8. The first-order valence-electron chi connectivity index (χ1n) is 18.0. The zero-order valence-corrected chi connectivity index (χ0v) is 29.4. The molecule has 0 saturated carbocycles. The molecule has 4 heterocycles. The number of nitrogens with zero attached hydrogens (tertiary/aromatic N) is 4. The Bertz CT molecular complexity index is 2250.